The molecule has 1 aromatic rings. The van der Waals surface area contributed by atoms with Crippen LogP contribution in [0.4, 0.5) is 0 Å². The number of carbonyl (C=O) groups excluding carboxylic acids is 1. The number of aliphatic imine (C=N–C) groups is 1. The number of ether oxygens (including phenoxy) is 1. The lowest BCUT2D eigenvalue weighted by molar-refractivity contribution is -0.135. The van der Waals surface area contributed by atoms with E-state index in [0.29, 0.717) is 0 Å². The zero-order valence-corrected chi connectivity index (χ0v) is 19.8. The van der Waals surface area contributed by atoms with Crippen molar-refractivity contribution in [2.45, 2.75) is 89.4 Å². The molecule has 3 heterocycles. The van der Waals surface area contributed by atoms with Crippen LogP contribution in [0.3, 0.4) is 0 Å². The van der Waals surface area contributed by atoms with Crippen molar-refractivity contribution in [1.29, 1.82) is 0 Å². The van der Waals surface area contributed by atoms with Gasteiger partial charge >= 0.3 is 0 Å². The summed E-state index contributed by atoms with van der Waals surface area (Å²) < 4.78 is 6.49. The number of rotatable bonds is 5. The molecule has 1 saturated heterocycles. The molecule has 0 saturated carbocycles. The summed E-state index contributed by atoms with van der Waals surface area (Å²) in [7, 11) is 0. The van der Waals surface area contributed by atoms with Crippen LogP contribution in [0.25, 0.3) is 0 Å². The molecule has 1 fully saturated rings. The van der Waals surface area contributed by atoms with Gasteiger partial charge in [-0.25, -0.2) is 0 Å². The number of fused-ring (bicyclic) bond motifs is 1. The van der Waals surface area contributed by atoms with Crippen molar-refractivity contribution in [2.24, 2.45) is 4.99 Å². The van der Waals surface area contributed by atoms with Crippen LogP contribution in [-0.2, 0) is 4.79 Å². The number of nitrogens with zero attached hydrogens (tertiary/aromatic N) is 2. The summed E-state index contributed by atoms with van der Waals surface area (Å²) >= 11 is 2.07. The number of aryl methyl sites for hydroxylation is 2. The average molecular weight is 429 g/mol. The standard InChI is InChI=1S/C25H36N2O2S/c1-5-10-25(11-8-13-30-25)16-27(21-9-6-7-12-26-21)24(28)23-19(4)22-18(3)14-17(2)15-20(22)29-23/h14-15,19,23H,5-13,16H2,1-4H3. The summed E-state index contributed by atoms with van der Waals surface area (Å²) in [6.45, 7) is 10.2. The van der Waals surface area contributed by atoms with E-state index < -0.39 is 6.10 Å². The van der Waals surface area contributed by atoms with Crippen molar-refractivity contribution in [2.75, 3.05) is 18.8 Å². The topological polar surface area (TPSA) is 41.9 Å². The van der Waals surface area contributed by atoms with Crippen molar-refractivity contribution in [3.8, 4) is 5.75 Å². The molecule has 0 aromatic heterocycles. The molecular weight excluding hydrogens is 392 g/mol. The summed E-state index contributed by atoms with van der Waals surface area (Å²) in [5, 5.41) is 0. The monoisotopic (exact) mass is 428 g/mol. The van der Waals surface area contributed by atoms with Crippen molar-refractivity contribution >= 4 is 23.5 Å². The SMILES string of the molecule is CCCC1(CN(C(=O)C2Oc3cc(C)cc(C)c3C2C)C2=NCCCC2)CCCS1. The maximum Gasteiger partial charge on any atom is 0.269 e. The van der Waals surface area contributed by atoms with Crippen LogP contribution in [0.1, 0.15) is 81.4 Å². The van der Waals surface area contributed by atoms with E-state index in [-0.39, 0.29) is 16.6 Å². The fourth-order valence-corrected chi connectivity index (χ4v) is 7.11. The predicted molar refractivity (Wildman–Crippen MR) is 126 cm³/mol. The highest BCUT2D eigenvalue weighted by Gasteiger charge is 2.44. The van der Waals surface area contributed by atoms with E-state index in [1.807, 2.05) is 4.90 Å². The largest absolute Gasteiger partial charge is 0.480 e. The van der Waals surface area contributed by atoms with E-state index in [2.05, 4.69) is 51.6 Å². The molecule has 3 atom stereocenters. The molecule has 5 heteroatoms. The highest BCUT2D eigenvalue weighted by Crippen LogP contribution is 2.45. The Morgan fingerprint density at radius 3 is 2.80 bits per heavy atom. The lowest BCUT2D eigenvalue weighted by Crippen LogP contribution is -2.51. The Hall–Kier alpha value is -1.49. The van der Waals surface area contributed by atoms with Crippen molar-refractivity contribution in [1.82, 2.24) is 4.90 Å². The predicted octanol–water partition coefficient (Wildman–Crippen LogP) is 5.64. The van der Waals surface area contributed by atoms with Gasteiger partial charge in [-0.2, -0.15) is 11.8 Å². The molecule has 0 spiro atoms. The van der Waals surface area contributed by atoms with E-state index in [1.54, 1.807) is 0 Å². The highest BCUT2D eigenvalue weighted by molar-refractivity contribution is 8.00. The van der Waals surface area contributed by atoms with Crippen molar-refractivity contribution in [3.05, 3.63) is 28.8 Å². The average Bonchev–Trinajstić information content (AvgIpc) is 3.31. The fourth-order valence-electron chi connectivity index (χ4n) is 5.53. The van der Waals surface area contributed by atoms with E-state index >= 15 is 0 Å². The molecule has 3 aliphatic rings. The number of amidine groups is 1. The lowest BCUT2D eigenvalue weighted by Gasteiger charge is -2.37. The number of amides is 1. The van der Waals surface area contributed by atoms with Gasteiger partial charge in [-0.05, 0) is 68.9 Å². The molecule has 0 bridgehead atoms. The smallest absolute Gasteiger partial charge is 0.269 e. The van der Waals surface area contributed by atoms with Crippen LogP contribution in [0.15, 0.2) is 17.1 Å². The zero-order valence-electron chi connectivity index (χ0n) is 19.0. The van der Waals surface area contributed by atoms with Crippen LogP contribution >= 0.6 is 11.8 Å². The first kappa shape index (κ1) is 21.7. The minimum Gasteiger partial charge on any atom is -0.480 e. The minimum absolute atomic E-state index is 0.0677. The van der Waals surface area contributed by atoms with Gasteiger partial charge in [0.2, 0.25) is 0 Å². The molecule has 4 nitrogen and oxygen atoms in total. The van der Waals surface area contributed by atoms with E-state index in [9.17, 15) is 4.79 Å². The zero-order chi connectivity index (χ0) is 21.3. The first-order chi connectivity index (χ1) is 14.4. The quantitative estimate of drug-likeness (QED) is 0.609. The molecular formula is C25H36N2O2S. The normalized spacial score (nSPS) is 28.1. The van der Waals surface area contributed by atoms with Gasteiger partial charge < -0.3 is 4.74 Å². The molecule has 1 amide bonds. The van der Waals surface area contributed by atoms with Gasteiger partial charge in [0.05, 0.1) is 0 Å². The third-order valence-corrected chi connectivity index (χ3v) is 8.56. The second kappa shape index (κ2) is 8.94. The van der Waals surface area contributed by atoms with Crippen LogP contribution in [-0.4, -0.2) is 46.3 Å². The van der Waals surface area contributed by atoms with Gasteiger partial charge in [0, 0.05) is 35.7 Å². The Morgan fingerprint density at radius 2 is 2.13 bits per heavy atom. The van der Waals surface area contributed by atoms with Crippen LogP contribution in [0, 0.1) is 13.8 Å². The molecule has 4 rings (SSSR count). The van der Waals surface area contributed by atoms with Crippen LogP contribution in [0.5, 0.6) is 5.75 Å². The summed E-state index contributed by atoms with van der Waals surface area (Å²) in [5.41, 5.74) is 3.61. The van der Waals surface area contributed by atoms with Gasteiger partial charge in [0.15, 0.2) is 6.10 Å². The first-order valence-corrected chi connectivity index (χ1v) is 12.7. The van der Waals surface area contributed by atoms with Crippen LogP contribution < -0.4 is 4.74 Å². The number of hydrogen-bond donors (Lipinski definition) is 0. The van der Waals surface area contributed by atoms with E-state index in [0.717, 1.165) is 56.8 Å². The van der Waals surface area contributed by atoms with Crippen LogP contribution in [0.2, 0.25) is 0 Å². The van der Waals surface area contributed by atoms with Crippen molar-refractivity contribution < 1.29 is 9.53 Å². The third-order valence-electron chi connectivity index (χ3n) is 6.92. The number of benzene rings is 1. The maximum atomic E-state index is 14.0. The summed E-state index contributed by atoms with van der Waals surface area (Å²) in [6.07, 6.45) is 7.47. The summed E-state index contributed by atoms with van der Waals surface area (Å²) in [6, 6.07) is 4.28. The Morgan fingerprint density at radius 1 is 1.30 bits per heavy atom. The van der Waals surface area contributed by atoms with E-state index in [1.165, 1.54) is 35.3 Å². The molecule has 3 aliphatic heterocycles. The highest BCUT2D eigenvalue weighted by atomic mass is 32.2. The number of hydrogen-bond acceptors (Lipinski definition) is 4. The Bertz CT molecular complexity index is 829. The third kappa shape index (κ3) is 4.15. The molecule has 1 aromatic carbocycles. The lowest BCUT2D eigenvalue weighted by atomic mass is 9.91. The van der Waals surface area contributed by atoms with Gasteiger partial charge in [-0.3, -0.25) is 14.7 Å². The molecule has 3 unspecified atom stereocenters. The molecule has 0 aliphatic carbocycles. The van der Waals surface area contributed by atoms with Gasteiger partial charge in [0.1, 0.15) is 11.6 Å². The summed E-state index contributed by atoms with van der Waals surface area (Å²) in [4.78, 5) is 20.8. The Labute approximate surface area is 185 Å². The molecule has 0 radical (unpaired) electrons. The number of thioether (sulfide) groups is 1. The van der Waals surface area contributed by atoms with Gasteiger partial charge in [-0.15, -0.1) is 0 Å². The Kier molecular flexibility index (Phi) is 6.47. The fraction of sp³-hybridized carbons (Fsp3) is 0.680. The molecule has 30 heavy (non-hydrogen) atoms. The molecule has 164 valence electrons. The minimum atomic E-state index is -0.449. The summed E-state index contributed by atoms with van der Waals surface area (Å²) in [5.74, 6) is 3.27. The van der Waals surface area contributed by atoms with Gasteiger partial charge in [-0.1, -0.05) is 26.3 Å². The second-order valence-electron chi connectivity index (χ2n) is 9.39. The first-order valence-electron chi connectivity index (χ1n) is 11.7. The maximum absolute atomic E-state index is 14.0. The molecule has 0 N–H and O–H groups in total. The van der Waals surface area contributed by atoms with E-state index in [4.69, 9.17) is 9.73 Å². The second-order valence-corrected chi connectivity index (χ2v) is 10.9. The number of carbonyl (C=O) groups is 1. The van der Waals surface area contributed by atoms with Gasteiger partial charge in [0.25, 0.3) is 5.91 Å². The Balaban J connectivity index is 1.63. The van der Waals surface area contributed by atoms with Crippen molar-refractivity contribution in [3.63, 3.8) is 0 Å².